The van der Waals surface area contributed by atoms with E-state index in [1.54, 1.807) is 24.3 Å². The molecule has 2 aromatic rings. The van der Waals surface area contributed by atoms with Crippen molar-refractivity contribution in [3.63, 3.8) is 0 Å². The summed E-state index contributed by atoms with van der Waals surface area (Å²) in [4.78, 5) is 16.1. The van der Waals surface area contributed by atoms with Gasteiger partial charge in [0.1, 0.15) is 11.6 Å². The van der Waals surface area contributed by atoms with Crippen LogP contribution in [0.25, 0.3) is 0 Å². The number of sulfone groups is 1. The topological polar surface area (TPSA) is 66.9 Å². The SMILES string of the molecule is COc1cccc(N2C(=O)N(c3ccc(F)cc3)C3CS(=O)(=O)CC32)c1. The number of carbonyl (C=O) groups excluding carboxylic acids is 1. The monoisotopic (exact) mass is 376 g/mol. The largest absolute Gasteiger partial charge is 0.497 e. The van der Waals surface area contributed by atoms with Gasteiger partial charge in [-0.25, -0.2) is 17.6 Å². The molecule has 2 amide bonds. The van der Waals surface area contributed by atoms with Crippen LogP contribution in [-0.4, -0.2) is 45.1 Å². The lowest BCUT2D eigenvalue weighted by Gasteiger charge is -2.23. The van der Waals surface area contributed by atoms with Gasteiger partial charge in [0.05, 0.1) is 30.7 Å². The third-order valence-electron chi connectivity index (χ3n) is 4.81. The van der Waals surface area contributed by atoms with Gasteiger partial charge in [-0.05, 0) is 36.4 Å². The molecule has 8 heteroatoms. The summed E-state index contributed by atoms with van der Waals surface area (Å²) in [6, 6.07) is 11.1. The molecule has 2 aliphatic rings. The number of anilines is 2. The van der Waals surface area contributed by atoms with E-state index in [1.807, 2.05) is 0 Å². The fourth-order valence-electron chi connectivity index (χ4n) is 3.67. The first-order valence-corrected chi connectivity index (χ1v) is 9.94. The van der Waals surface area contributed by atoms with Gasteiger partial charge in [0.2, 0.25) is 0 Å². The second-order valence-electron chi connectivity index (χ2n) is 6.41. The number of carbonyl (C=O) groups is 1. The lowest BCUT2D eigenvalue weighted by atomic mass is 10.1. The van der Waals surface area contributed by atoms with Crippen LogP contribution in [0.3, 0.4) is 0 Å². The van der Waals surface area contributed by atoms with Crippen LogP contribution in [0, 0.1) is 5.82 Å². The number of hydrogen-bond acceptors (Lipinski definition) is 4. The molecule has 2 heterocycles. The first kappa shape index (κ1) is 16.8. The maximum absolute atomic E-state index is 13.3. The summed E-state index contributed by atoms with van der Waals surface area (Å²) in [6.45, 7) is 0. The summed E-state index contributed by atoms with van der Waals surface area (Å²) >= 11 is 0. The van der Waals surface area contributed by atoms with Crippen molar-refractivity contribution in [2.24, 2.45) is 0 Å². The van der Waals surface area contributed by atoms with Crippen molar-refractivity contribution in [3.8, 4) is 5.75 Å². The van der Waals surface area contributed by atoms with Crippen molar-refractivity contribution in [2.75, 3.05) is 28.4 Å². The number of fused-ring (bicyclic) bond motifs is 1. The number of ether oxygens (including phenoxy) is 1. The maximum atomic E-state index is 13.3. The highest BCUT2D eigenvalue weighted by atomic mass is 32.2. The van der Waals surface area contributed by atoms with Crippen LogP contribution in [0.2, 0.25) is 0 Å². The molecule has 0 radical (unpaired) electrons. The van der Waals surface area contributed by atoms with Crippen molar-refractivity contribution in [3.05, 3.63) is 54.3 Å². The van der Waals surface area contributed by atoms with E-state index >= 15 is 0 Å². The molecule has 2 aliphatic heterocycles. The van der Waals surface area contributed by atoms with Crippen LogP contribution in [0.4, 0.5) is 20.6 Å². The molecule has 6 nitrogen and oxygen atoms in total. The average Bonchev–Trinajstić information content (AvgIpc) is 3.04. The molecule has 2 atom stereocenters. The molecule has 2 saturated heterocycles. The Morgan fingerprint density at radius 1 is 1.00 bits per heavy atom. The lowest BCUT2D eigenvalue weighted by Crippen LogP contribution is -2.37. The number of methoxy groups -OCH3 is 1. The zero-order chi connectivity index (χ0) is 18.5. The zero-order valence-corrected chi connectivity index (χ0v) is 14.8. The normalized spacial score (nSPS) is 24.0. The van der Waals surface area contributed by atoms with Crippen LogP contribution in [0.1, 0.15) is 0 Å². The molecule has 0 aromatic heterocycles. The minimum Gasteiger partial charge on any atom is -0.497 e. The first-order chi connectivity index (χ1) is 12.4. The fourth-order valence-corrected chi connectivity index (χ4v) is 5.59. The lowest BCUT2D eigenvalue weighted by molar-refractivity contribution is 0.255. The van der Waals surface area contributed by atoms with E-state index in [4.69, 9.17) is 4.74 Å². The van der Waals surface area contributed by atoms with Crippen molar-refractivity contribution >= 4 is 27.2 Å². The molecule has 0 bridgehead atoms. The molecular weight excluding hydrogens is 359 g/mol. The Hall–Kier alpha value is -2.61. The molecule has 26 heavy (non-hydrogen) atoms. The standard InChI is InChI=1S/C18H17FN2O4S/c1-25-15-4-2-3-14(9-15)21-17-11-26(23,24)10-16(17)20(18(21)22)13-7-5-12(19)6-8-13/h2-9,16-17H,10-11H2,1H3. The van der Waals surface area contributed by atoms with E-state index in [2.05, 4.69) is 0 Å². The Kier molecular flexibility index (Phi) is 3.87. The summed E-state index contributed by atoms with van der Waals surface area (Å²) in [5, 5.41) is 0. The van der Waals surface area contributed by atoms with Crippen LogP contribution in [-0.2, 0) is 9.84 Å². The summed E-state index contributed by atoms with van der Waals surface area (Å²) < 4.78 is 42.9. The highest BCUT2D eigenvalue weighted by Crippen LogP contribution is 2.38. The van der Waals surface area contributed by atoms with Gasteiger partial charge in [-0.3, -0.25) is 9.80 Å². The average molecular weight is 376 g/mol. The molecule has 2 unspecified atom stereocenters. The minimum atomic E-state index is -3.28. The number of hydrogen-bond donors (Lipinski definition) is 0. The van der Waals surface area contributed by atoms with E-state index in [-0.39, 0.29) is 17.5 Å². The number of benzene rings is 2. The Morgan fingerprint density at radius 2 is 1.62 bits per heavy atom. The third-order valence-corrected chi connectivity index (χ3v) is 6.50. The van der Waals surface area contributed by atoms with Gasteiger partial charge in [0, 0.05) is 17.4 Å². The number of amides is 2. The summed E-state index contributed by atoms with van der Waals surface area (Å²) in [7, 11) is -1.75. The second-order valence-corrected chi connectivity index (χ2v) is 8.57. The van der Waals surface area contributed by atoms with Crippen molar-refractivity contribution in [1.82, 2.24) is 0 Å². The van der Waals surface area contributed by atoms with E-state index < -0.39 is 27.7 Å². The highest BCUT2D eigenvalue weighted by molar-refractivity contribution is 7.91. The van der Waals surface area contributed by atoms with Gasteiger partial charge in [-0.2, -0.15) is 0 Å². The second kappa shape index (κ2) is 5.98. The Balaban J connectivity index is 1.80. The molecule has 0 N–H and O–H groups in total. The summed E-state index contributed by atoms with van der Waals surface area (Å²) in [6.07, 6.45) is 0. The first-order valence-electron chi connectivity index (χ1n) is 8.12. The smallest absolute Gasteiger partial charge is 0.329 e. The molecule has 2 fully saturated rings. The Labute approximate surface area is 150 Å². The molecule has 0 saturated carbocycles. The predicted molar refractivity (Wildman–Crippen MR) is 96.0 cm³/mol. The van der Waals surface area contributed by atoms with E-state index in [1.165, 1.54) is 41.2 Å². The molecule has 0 spiro atoms. The number of rotatable bonds is 3. The number of halogens is 1. The fraction of sp³-hybridized carbons (Fsp3) is 0.278. The molecular formula is C18H17FN2O4S. The zero-order valence-electron chi connectivity index (χ0n) is 14.0. The molecule has 136 valence electrons. The Morgan fingerprint density at radius 3 is 2.23 bits per heavy atom. The summed E-state index contributed by atoms with van der Waals surface area (Å²) in [5.41, 5.74) is 1.06. The Bertz CT molecular complexity index is 961. The van der Waals surface area contributed by atoms with Crippen molar-refractivity contribution in [1.29, 1.82) is 0 Å². The quantitative estimate of drug-likeness (QED) is 0.772. The van der Waals surface area contributed by atoms with E-state index in [9.17, 15) is 17.6 Å². The summed E-state index contributed by atoms with van der Waals surface area (Å²) in [5.74, 6) is -0.0480. The predicted octanol–water partition coefficient (Wildman–Crippen LogP) is 2.45. The molecule has 0 aliphatic carbocycles. The van der Waals surface area contributed by atoms with Gasteiger partial charge < -0.3 is 4.74 Å². The molecule has 4 rings (SSSR count). The van der Waals surface area contributed by atoms with Crippen LogP contribution < -0.4 is 14.5 Å². The highest BCUT2D eigenvalue weighted by Gasteiger charge is 2.54. The van der Waals surface area contributed by atoms with Gasteiger partial charge >= 0.3 is 6.03 Å². The maximum Gasteiger partial charge on any atom is 0.329 e. The number of nitrogens with zero attached hydrogens (tertiary/aromatic N) is 2. The van der Waals surface area contributed by atoms with Crippen LogP contribution in [0.15, 0.2) is 48.5 Å². The van der Waals surface area contributed by atoms with Gasteiger partial charge in [-0.1, -0.05) is 6.07 Å². The van der Waals surface area contributed by atoms with Gasteiger partial charge in [0.15, 0.2) is 9.84 Å². The van der Waals surface area contributed by atoms with Gasteiger partial charge in [0.25, 0.3) is 0 Å². The minimum absolute atomic E-state index is 0.0989. The van der Waals surface area contributed by atoms with Crippen molar-refractivity contribution in [2.45, 2.75) is 12.1 Å². The van der Waals surface area contributed by atoms with Crippen LogP contribution >= 0.6 is 0 Å². The molecule has 2 aromatic carbocycles. The van der Waals surface area contributed by atoms with Crippen molar-refractivity contribution < 1.29 is 22.3 Å². The number of urea groups is 1. The van der Waals surface area contributed by atoms with Crippen LogP contribution in [0.5, 0.6) is 5.75 Å². The van der Waals surface area contributed by atoms with E-state index in [0.717, 1.165) is 0 Å². The third kappa shape index (κ3) is 2.70. The van der Waals surface area contributed by atoms with E-state index in [0.29, 0.717) is 17.1 Å². The van der Waals surface area contributed by atoms with Gasteiger partial charge in [-0.15, -0.1) is 0 Å².